The minimum Gasteiger partial charge on any atom is -0.497 e. The number of carbonyl (C=O) groups is 1. The van der Waals surface area contributed by atoms with Crippen molar-refractivity contribution in [3.05, 3.63) is 54.0 Å². The number of furan rings is 1. The number of piperidine rings is 1. The number of benzene rings is 1. The minimum absolute atomic E-state index is 0.0242. The Morgan fingerprint density at radius 1 is 1.36 bits per heavy atom. The number of carbonyl (C=O) groups excluding carboxylic acids is 1. The average Bonchev–Trinajstić information content (AvgIpc) is 3.10. The van der Waals surface area contributed by atoms with E-state index in [0.29, 0.717) is 0 Å². The SMILES string of the molecule is COc1ccc(C2(Cc3ccco3)CC(NC(C)=O)CCN2C)cc1. The molecule has 1 aliphatic heterocycles. The fourth-order valence-corrected chi connectivity index (χ4v) is 3.89. The highest BCUT2D eigenvalue weighted by molar-refractivity contribution is 5.73. The molecule has 5 nitrogen and oxygen atoms in total. The molecule has 1 aliphatic rings. The molecule has 2 unspecified atom stereocenters. The van der Waals surface area contributed by atoms with Crippen LogP contribution in [0.1, 0.15) is 31.1 Å². The summed E-state index contributed by atoms with van der Waals surface area (Å²) in [4.78, 5) is 14.0. The van der Waals surface area contributed by atoms with Crippen LogP contribution in [0.25, 0.3) is 0 Å². The number of methoxy groups -OCH3 is 1. The molecule has 25 heavy (non-hydrogen) atoms. The van der Waals surface area contributed by atoms with Gasteiger partial charge in [0.05, 0.1) is 18.9 Å². The molecule has 1 N–H and O–H groups in total. The van der Waals surface area contributed by atoms with Gasteiger partial charge in [0.2, 0.25) is 5.91 Å². The zero-order valence-electron chi connectivity index (χ0n) is 15.1. The number of nitrogens with zero attached hydrogens (tertiary/aromatic N) is 1. The molecule has 2 atom stereocenters. The Labute approximate surface area is 149 Å². The summed E-state index contributed by atoms with van der Waals surface area (Å²) in [5, 5.41) is 3.11. The van der Waals surface area contributed by atoms with E-state index in [1.54, 1.807) is 20.3 Å². The first-order valence-electron chi connectivity index (χ1n) is 8.69. The maximum atomic E-state index is 11.6. The normalized spacial score (nSPS) is 24.0. The monoisotopic (exact) mass is 342 g/mol. The highest BCUT2D eigenvalue weighted by Crippen LogP contribution is 2.40. The van der Waals surface area contributed by atoms with Crippen LogP contribution in [0.15, 0.2) is 47.1 Å². The second kappa shape index (κ2) is 7.31. The predicted molar refractivity (Wildman–Crippen MR) is 96.6 cm³/mol. The van der Waals surface area contributed by atoms with Crippen molar-refractivity contribution in [2.75, 3.05) is 20.7 Å². The standard InChI is InChI=1S/C20H26N2O3/c1-15(23)21-17-10-11-22(2)20(13-17,14-19-5-4-12-25-19)16-6-8-18(24-3)9-7-16/h4-9,12,17H,10-11,13-14H2,1-3H3,(H,21,23). The Hall–Kier alpha value is -2.27. The first-order chi connectivity index (χ1) is 12.0. The number of likely N-dealkylation sites (tertiary alicyclic amines) is 1. The Kier molecular flexibility index (Phi) is 5.13. The lowest BCUT2D eigenvalue weighted by atomic mass is 9.75. The lowest BCUT2D eigenvalue weighted by Crippen LogP contribution is -2.55. The van der Waals surface area contributed by atoms with Gasteiger partial charge in [-0.2, -0.15) is 0 Å². The minimum atomic E-state index is -0.227. The van der Waals surface area contributed by atoms with Gasteiger partial charge < -0.3 is 14.5 Å². The third-order valence-corrected chi connectivity index (χ3v) is 5.21. The third-order valence-electron chi connectivity index (χ3n) is 5.21. The molecule has 0 bridgehead atoms. The second-order valence-corrected chi connectivity index (χ2v) is 6.83. The smallest absolute Gasteiger partial charge is 0.217 e. The molecule has 5 heteroatoms. The van der Waals surface area contributed by atoms with Gasteiger partial charge in [-0.25, -0.2) is 0 Å². The Balaban J connectivity index is 1.98. The van der Waals surface area contributed by atoms with Crippen molar-refractivity contribution in [2.24, 2.45) is 0 Å². The summed E-state index contributed by atoms with van der Waals surface area (Å²) in [6, 6.07) is 12.3. The van der Waals surface area contributed by atoms with Crippen molar-refractivity contribution in [2.45, 2.75) is 37.8 Å². The van der Waals surface area contributed by atoms with E-state index in [-0.39, 0.29) is 17.5 Å². The van der Waals surface area contributed by atoms with E-state index in [0.717, 1.165) is 37.3 Å². The zero-order valence-corrected chi connectivity index (χ0v) is 15.1. The third kappa shape index (κ3) is 3.71. The van der Waals surface area contributed by atoms with Crippen LogP contribution < -0.4 is 10.1 Å². The van der Waals surface area contributed by atoms with Crippen LogP contribution in [-0.4, -0.2) is 37.6 Å². The van der Waals surface area contributed by atoms with Gasteiger partial charge in [-0.3, -0.25) is 9.69 Å². The van der Waals surface area contributed by atoms with Crippen LogP contribution in [0.2, 0.25) is 0 Å². The predicted octanol–water partition coefficient (Wildman–Crippen LogP) is 2.96. The van der Waals surface area contributed by atoms with Crippen LogP contribution in [-0.2, 0) is 16.8 Å². The highest BCUT2D eigenvalue weighted by atomic mass is 16.5. The summed E-state index contributed by atoms with van der Waals surface area (Å²) in [6.45, 7) is 2.50. The quantitative estimate of drug-likeness (QED) is 0.908. The summed E-state index contributed by atoms with van der Waals surface area (Å²) in [6.07, 6.45) is 4.27. The fourth-order valence-electron chi connectivity index (χ4n) is 3.89. The number of hydrogen-bond donors (Lipinski definition) is 1. The van der Waals surface area contributed by atoms with Crippen LogP contribution >= 0.6 is 0 Å². The topological polar surface area (TPSA) is 54.7 Å². The van der Waals surface area contributed by atoms with Crippen LogP contribution in [0, 0.1) is 0 Å². The summed E-state index contributed by atoms with van der Waals surface area (Å²) < 4.78 is 11.0. The van der Waals surface area contributed by atoms with Gasteiger partial charge in [0, 0.05) is 25.9 Å². The molecular formula is C20H26N2O3. The van der Waals surface area contributed by atoms with E-state index in [4.69, 9.17) is 9.15 Å². The second-order valence-electron chi connectivity index (χ2n) is 6.83. The zero-order chi connectivity index (χ0) is 17.9. The molecule has 2 heterocycles. The van der Waals surface area contributed by atoms with Gasteiger partial charge >= 0.3 is 0 Å². The molecule has 0 radical (unpaired) electrons. The molecule has 1 fully saturated rings. The molecule has 1 aromatic heterocycles. The molecule has 0 spiro atoms. The maximum Gasteiger partial charge on any atom is 0.217 e. The van der Waals surface area contributed by atoms with Crippen molar-refractivity contribution in [3.63, 3.8) is 0 Å². The molecule has 1 amide bonds. The van der Waals surface area contributed by atoms with E-state index in [1.165, 1.54) is 5.56 Å². The molecule has 3 rings (SSSR count). The number of likely N-dealkylation sites (N-methyl/N-ethyl adjacent to an activating group) is 1. The summed E-state index contributed by atoms with van der Waals surface area (Å²) in [5.41, 5.74) is 0.984. The highest BCUT2D eigenvalue weighted by Gasteiger charge is 2.43. The van der Waals surface area contributed by atoms with Crippen LogP contribution in [0.5, 0.6) is 5.75 Å². The van der Waals surface area contributed by atoms with Gasteiger partial charge in [-0.15, -0.1) is 0 Å². The Morgan fingerprint density at radius 2 is 2.12 bits per heavy atom. The number of ether oxygens (including phenoxy) is 1. The molecule has 1 saturated heterocycles. The van der Waals surface area contributed by atoms with E-state index in [9.17, 15) is 4.79 Å². The largest absolute Gasteiger partial charge is 0.497 e. The number of nitrogens with one attached hydrogen (secondary N) is 1. The maximum absolute atomic E-state index is 11.6. The van der Waals surface area contributed by atoms with Gasteiger partial charge in [-0.1, -0.05) is 12.1 Å². The van der Waals surface area contributed by atoms with Gasteiger partial charge in [-0.05, 0) is 49.7 Å². The average molecular weight is 342 g/mol. The van der Waals surface area contributed by atoms with Gasteiger partial charge in [0.1, 0.15) is 11.5 Å². The van der Waals surface area contributed by atoms with Crippen molar-refractivity contribution in [3.8, 4) is 5.75 Å². The first kappa shape index (κ1) is 17.5. The van der Waals surface area contributed by atoms with Crippen LogP contribution in [0.3, 0.4) is 0 Å². The molecule has 0 aliphatic carbocycles. The lowest BCUT2D eigenvalue weighted by molar-refractivity contribution is -0.120. The summed E-state index contributed by atoms with van der Waals surface area (Å²) >= 11 is 0. The molecule has 2 aromatic rings. The molecule has 0 saturated carbocycles. The van der Waals surface area contributed by atoms with E-state index in [2.05, 4.69) is 29.4 Å². The van der Waals surface area contributed by atoms with Crippen molar-refractivity contribution in [1.82, 2.24) is 10.2 Å². The summed E-state index contributed by atoms with van der Waals surface area (Å²) in [5.74, 6) is 1.82. The summed E-state index contributed by atoms with van der Waals surface area (Å²) in [7, 11) is 3.82. The Morgan fingerprint density at radius 3 is 2.72 bits per heavy atom. The fraction of sp³-hybridized carbons (Fsp3) is 0.450. The Bertz CT molecular complexity index is 696. The number of rotatable bonds is 5. The van der Waals surface area contributed by atoms with Crippen molar-refractivity contribution in [1.29, 1.82) is 0 Å². The van der Waals surface area contributed by atoms with Gasteiger partial charge in [0.15, 0.2) is 0 Å². The van der Waals surface area contributed by atoms with Crippen LogP contribution in [0.4, 0.5) is 0 Å². The molecule has 1 aromatic carbocycles. The van der Waals surface area contributed by atoms with Gasteiger partial charge in [0.25, 0.3) is 0 Å². The van der Waals surface area contributed by atoms with Crippen molar-refractivity contribution < 1.29 is 13.9 Å². The lowest BCUT2D eigenvalue weighted by Gasteiger charge is -2.48. The first-order valence-corrected chi connectivity index (χ1v) is 8.69. The number of hydrogen-bond acceptors (Lipinski definition) is 4. The molecule has 134 valence electrons. The molecular weight excluding hydrogens is 316 g/mol. The van der Waals surface area contributed by atoms with E-state index in [1.807, 2.05) is 24.3 Å². The van der Waals surface area contributed by atoms with E-state index < -0.39 is 0 Å². The number of amides is 1. The van der Waals surface area contributed by atoms with Crippen molar-refractivity contribution >= 4 is 5.91 Å². The van der Waals surface area contributed by atoms with E-state index >= 15 is 0 Å².